The number of furan rings is 1. The highest BCUT2D eigenvalue weighted by molar-refractivity contribution is 7.92. The van der Waals surface area contributed by atoms with Crippen molar-refractivity contribution in [2.75, 3.05) is 31.3 Å². The first-order valence-electron chi connectivity index (χ1n) is 16.6. The average Bonchev–Trinajstić information content (AvgIpc) is 3.72. The van der Waals surface area contributed by atoms with Crippen LogP contribution in [-0.2, 0) is 19.6 Å². The molecule has 0 aliphatic carbocycles. The van der Waals surface area contributed by atoms with Gasteiger partial charge in [0.2, 0.25) is 16.3 Å². The molecule has 6 aromatic rings. The van der Waals surface area contributed by atoms with Gasteiger partial charge in [0, 0.05) is 42.1 Å². The van der Waals surface area contributed by atoms with E-state index in [-0.39, 0.29) is 46.2 Å². The maximum Gasteiger partial charge on any atom is 0.323 e. The Morgan fingerprint density at radius 1 is 1.06 bits per heavy atom. The summed E-state index contributed by atoms with van der Waals surface area (Å²) in [5.41, 5.74) is 8.80. The minimum atomic E-state index is -3.83. The van der Waals surface area contributed by atoms with Crippen LogP contribution in [0.25, 0.3) is 55.8 Å². The van der Waals surface area contributed by atoms with E-state index < -0.39 is 45.8 Å². The molecule has 7 rings (SSSR count). The first-order valence-corrected chi connectivity index (χ1v) is 18.4. The highest BCUT2D eigenvalue weighted by atomic mass is 32.2. The number of pyridine rings is 1. The molecule has 3 aromatic heterocycles. The molecule has 0 spiro atoms. The third kappa shape index (κ3) is 6.25. The number of hydrogen-bond donors (Lipinski definition) is 2. The van der Waals surface area contributed by atoms with Crippen molar-refractivity contribution >= 4 is 49.5 Å². The van der Waals surface area contributed by atoms with Gasteiger partial charge in [0.25, 0.3) is 5.91 Å². The normalized spacial score (nSPS) is 14.5. The molecule has 1 aliphatic rings. The van der Waals surface area contributed by atoms with E-state index in [1.165, 1.54) is 50.5 Å². The SMILES string of the molecule is CNC(=O)c1c(-c2ccc(F)cc2)oc2cc(N(C)S(C)(=O)=O)c(-c3ccc4c(n3)-c3cc5c(F)cccc5n3C(COC(=O)C(N)C(C)C)O4)cc12. The summed E-state index contributed by atoms with van der Waals surface area (Å²) in [7, 11) is -0.996. The lowest BCUT2D eigenvalue weighted by molar-refractivity contribution is -0.150. The zero-order valence-electron chi connectivity index (χ0n) is 29.3. The number of nitrogens with zero attached hydrogens (tertiary/aromatic N) is 3. The molecular weight excluding hydrogens is 709 g/mol. The molecule has 4 heterocycles. The molecule has 15 heteroatoms. The number of carbonyl (C=O) groups excluding carboxylic acids is 2. The van der Waals surface area contributed by atoms with Gasteiger partial charge in [-0.15, -0.1) is 0 Å². The van der Waals surface area contributed by atoms with Crippen molar-refractivity contribution < 1.29 is 40.7 Å². The number of hydrogen-bond acceptors (Lipinski definition) is 9. The van der Waals surface area contributed by atoms with Gasteiger partial charge < -0.3 is 24.9 Å². The van der Waals surface area contributed by atoms with Crippen LogP contribution in [0.4, 0.5) is 14.5 Å². The third-order valence-electron chi connectivity index (χ3n) is 9.32. The van der Waals surface area contributed by atoms with Gasteiger partial charge in [-0.2, -0.15) is 0 Å². The van der Waals surface area contributed by atoms with Crippen LogP contribution in [-0.4, -0.2) is 62.8 Å². The van der Waals surface area contributed by atoms with E-state index >= 15 is 4.39 Å². The van der Waals surface area contributed by atoms with Crippen molar-refractivity contribution in [3.05, 3.63) is 90.0 Å². The topological polar surface area (TPSA) is 159 Å². The van der Waals surface area contributed by atoms with E-state index in [9.17, 15) is 22.4 Å². The first-order chi connectivity index (χ1) is 25.2. The maximum absolute atomic E-state index is 15.2. The highest BCUT2D eigenvalue weighted by Crippen LogP contribution is 2.45. The predicted molar refractivity (Wildman–Crippen MR) is 196 cm³/mol. The number of benzene rings is 3. The zero-order chi connectivity index (χ0) is 37.9. The number of sulfonamides is 1. The van der Waals surface area contributed by atoms with Crippen LogP contribution in [0.5, 0.6) is 5.75 Å². The quantitative estimate of drug-likeness (QED) is 0.164. The summed E-state index contributed by atoms with van der Waals surface area (Å²) >= 11 is 0. The maximum atomic E-state index is 15.2. The monoisotopic (exact) mass is 743 g/mol. The smallest absolute Gasteiger partial charge is 0.323 e. The second-order valence-electron chi connectivity index (χ2n) is 13.1. The van der Waals surface area contributed by atoms with Crippen LogP contribution in [0.2, 0.25) is 0 Å². The number of rotatable bonds is 9. The molecule has 1 aliphatic heterocycles. The summed E-state index contributed by atoms with van der Waals surface area (Å²) in [6, 6.07) is 17.2. The van der Waals surface area contributed by atoms with Crippen LogP contribution >= 0.6 is 0 Å². The van der Waals surface area contributed by atoms with Crippen molar-refractivity contribution in [1.82, 2.24) is 14.9 Å². The summed E-state index contributed by atoms with van der Waals surface area (Å²) in [5.74, 6) is -1.77. The molecular formula is C38H35F2N5O7S. The summed E-state index contributed by atoms with van der Waals surface area (Å²) in [4.78, 5) is 31.0. The molecule has 53 heavy (non-hydrogen) atoms. The average molecular weight is 744 g/mol. The van der Waals surface area contributed by atoms with E-state index in [0.29, 0.717) is 39.2 Å². The van der Waals surface area contributed by atoms with Gasteiger partial charge in [0.15, 0.2) is 0 Å². The third-order valence-corrected chi connectivity index (χ3v) is 10.5. The Hall–Kier alpha value is -5.80. The van der Waals surface area contributed by atoms with Crippen LogP contribution in [0.3, 0.4) is 0 Å². The Kier molecular flexibility index (Phi) is 8.94. The molecule has 0 saturated carbocycles. The molecule has 12 nitrogen and oxygen atoms in total. The molecule has 0 radical (unpaired) electrons. The molecule has 274 valence electrons. The Bertz CT molecular complexity index is 2550. The van der Waals surface area contributed by atoms with Crippen molar-refractivity contribution in [2.24, 2.45) is 11.7 Å². The summed E-state index contributed by atoms with van der Waals surface area (Å²) in [5, 5.41) is 3.25. The number of esters is 1. The number of halogens is 2. The number of carbonyl (C=O) groups is 2. The standard InChI is InChI=1S/C38H35F2N5O7S/c1-19(2)34(41)38(47)50-18-32-45-27-8-6-7-25(40)22(27)16-29(45)35-30(51-32)14-13-26(43-35)23-15-24-31(17-28(23)44(4)53(5,48)49)52-36(33(24)37(46)42-3)20-9-11-21(39)12-10-20/h6-17,19,32,34H,18,41H2,1-5H3,(H,42,46). The predicted octanol–water partition coefficient (Wildman–Crippen LogP) is 6.23. The number of anilines is 1. The summed E-state index contributed by atoms with van der Waals surface area (Å²) < 4.78 is 75.8. The number of nitrogens with one attached hydrogen (secondary N) is 1. The minimum Gasteiger partial charge on any atom is -0.464 e. The van der Waals surface area contributed by atoms with Gasteiger partial charge in [0.05, 0.1) is 34.4 Å². The molecule has 2 unspecified atom stereocenters. The van der Waals surface area contributed by atoms with Crippen molar-refractivity contribution in [2.45, 2.75) is 26.1 Å². The molecule has 0 saturated heterocycles. The van der Waals surface area contributed by atoms with Gasteiger partial charge in [-0.1, -0.05) is 19.9 Å². The number of aromatic nitrogens is 2. The van der Waals surface area contributed by atoms with E-state index in [4.69, 9.17) is 24.6 Å². The molecule has 0 bridgehead atoms. The van der Waals surface area contributed by atoms with Gasteiger partial charge in [-0.25, -0.2) is 22.2 Å². The lowest BCUT2D eigenvalue weighted by atomic mass is 10.0. The molecule has 1 amide bonds. The van der Waals surface area contributed by atoms with Crippen LogP contribution in [0, 0.1) is 17.6 Å². The Balaban J connectivity index is 1.42. The molecule has 3 N–H and O–H groups in total. The Morgan fingerprint density at radius 2 is 1.79 bits per heavy atom. The number of nitrogens with two attached hydrogens (primary N) is 1. The van der Waals surface area contributed by atoms with Crippen LogP contribution < -0.4 is 20.1 Å². The van der Waals surface area contributed by atoms with Crippen molar-refractivity contribution in [1.29, 1.82) is 0 Å². The summed E-state index contributed by atoms with van der Waals surface area (Å²) in [6.45, 7) is 3.37. The van der Waals surface area contributed by atoms with Crippen molar-refractivity contribution in [3.8, 4) is 39.7 Å². The Morgan fingerprint density at radius 3 is 2.47 bits per heavy atom. The van der Waals surface area contributed by atoms with Gasteiger partial charge in [-0.3, -0.25) is 18.5 Å². The van der Waals surface area contributed by atoms with E-state index in [2.05, 4.69) is 5.32 Å². The first kappa shape index (κ1) is 35.6. The van der Waals surface area contributed by atoms with Gasteiger partial charge >= 0.3 is 5.97 Å². The summed E-state index contributed by atoms with van der Waals surface area (Å²) in [6.07, 6.45) is 0.146. The molecule has 0 fully saturated rings. The minimum absolute atomic E-state index is 0.149. The zero-order valence-corrected chi connectivity index (χ0v) is 30.1. The molecule has 3 aromatic carbocycles. The van der Waals surface area contributed by atoms with Gasteiger partial charge in [0.1, 0.15) is 47.1 Å². The second kappa shape index (κ2) is 13.3. The highest BCUT2D eigenvalue weighted by Gasteiger charge is 2.33. The Labute approximate surface area is 303 Å². The van der Waals surface area contributed by atoms with E-state index in [0.717, 1.165) is 10.6 Å². The van der Waals surface area contributed by atoms with Crippen LogP contribution in [0.1, 0.15) is 30.4 Å². The van der Waals surface area contributed by atoms with E-state index in [1.807, 2.05) is 0 Å². The van der Waals surface area contributed by atoms with Gasteiger partial charge in [-0.05, 0) is 66.6 Å². The second-order valence-corrected chi connectivity index (χ2v) is 15.1. The lowest BCUT2D eigenvalue weighted by Gasteiger charge is -2.30. The fraction of sp³-hybridized carbons (Fsp3) is 0.237. The van der Waals surface area contributed by atoms with E-state index in [1.54, 1.807) is 54.8 Å². The number of amides is 1. The number of ether oxygens (including phenoxy) is 2. The largest absolute Gasteiger partial charge is 0.464 e. The number of fused-ring (bicyclic) bond motifs is 6. The molecule has 2 atom stereocenters. The fourth-order valence-electron chi connectivity index (χ4n) is 6.34. The lowest BCUT2D eigenvalue weighted by Crippen LogP contribution is -2.38. The van der Waals surface area contributed by atoms with Crippen LogP contribution in [0.15, 0.2) is 77.2 Å². The van der Waals surface area contributed by atoms with Crippen molar-refractivity contribution in [3.63, 3.8) is 0 Å². The fourth-order valence-corrected chi connectivity index (χ4v) is 6.85.